The lowest BCUT2D eigenvalue weighted by atomic mass is 9.82. The fourth-order valence-electron chi connectivity index (χ4n) is 4.48. The molecule has 0 aliphatic heterocycles. The van der Waals surface area contributed by atoms with E-state index in [1.165, 1.54) is 11.3 Å². The van der Waals surface area contributed by atoms with E-state index in [4.69, 9.17) is 0 Å². The molecule has 0 spiro atoms. The number of fused-ring (bicyclic) bond motifs is 1. The van der Waals surface area contributed by atoms with E-state index in [-0.39, 0.29) is 17.3 Å². The number of aromatic nitrogens is 3. The number of aromatic carboxylic acids is 1. The van der Waals surface area contributed by atoms with Crippen molar-refractivity contribution in [3.63, 3.8) is 0 Å². The lowest BCUT2D eigenvalue weighted by Gasteiger charge is -2.25. The number of thiazole rings is 1. The molecule has 1 atom stereocenters. The largest absolute Gasteiger partial charge is 0.478 e. The fraction of sp³-hybridized carbons (Fsp3) is 0.231. The molecule has 0 saturated carbocycles. The van der Waals surface area contributed by atoms with Crippen molar-refractivity contribution in [1.29, 1.82) is 0 Å². The van der Waals surface area contributed by atoms with E-state index >= 15 is 0 Å². The zero-order valence-corrected chi connectivity index (χ0v) is 21.8. The Morgan fingerprint density at radius 2 is 1.97 bits per heavy atom. The molecule has 1 aliphatic carbocycles. The van der Waals surface area contributed by atoms with Crippen LogP contribution in [0.3, 0.4) is 0 Å². The number of halogens is 4. The number of anilines is 2. The van der Waals surface area contributed by atoms with E-state index < -0.39 is 17.7 Å². The maximum absolute atomic E-state index is 13.1. The van der Waals surface area contributed by atoms with Crippen LogP contribution in [-0.2, 0) is 12.6 Å². The Labute approximate surface area is 222 Å². The Hall–Kier alpha value is -3.31. The van der Waals surface area contributed by atoms with Crippen molar-refractivity contribution in [3.8, 4) is 10.6 Å². The molecule has 3 heterocycles. The molecule has 1 aliphatic rings. The van der Waals surface area contributed by atoms with Gasteiger partial charge in [0, 0.05) is 22.8 Å². The topological polar surface area (TPSA) is 88.0 Å². The van der Waals surface area contributed by atoms with Gasteiger partial charge in [0.1, 0.15) is 16.6 Å². The van der Waals surface area contributed by atoms with Crippen LogP contribution in [0.1, 0.15) is 56.4 Å². The number of pyridine rings is 2. The summed E-state index contributed by atoms with van der Waals surface area (Å²) in [5.41, 5.74) is 3.07. The summed E-state index contributed by atoms with van der Waals surface area (Å²) >= 11 is 4.90. The quantitative estimate of drug-likeness (QED) is 0.249. The zero-order chi connectivity index (χ0) is 26.3. The Kier molecular flexibility index (Phi) is 6.76. The smallest absolute Gasteiger partial charge is 0.416 e. The average molecular weight is 589 g/mol. The molecule has 0 fully saturated rings. The number of nitrogens with one attached hydrogen (secondary N) is 1. The second-order valence-corrected chi connectivity index (χ2v) is 10.7. The monoisotopic (exact) mass is 588 g/mol. The van der Waals surface area contributed by atoms with Crippen LogP contribution < -0.4 is 5.32 Å². The normalized spacial score (nSPS) is 15.3. The van der Waals surface area contributed by atoms with Gasteiger partial charge in [-0.2, -0.15) is 13.2 Å². The molecule has 4 aromatic rings. The number of carboxylic acids is 1. The molecule has 3 aromatic heterocycles. The first-order chi connectivity index (χ1) is 17.6. The number of hydrogen-bond donors (Lipinski definition) is 2. The van der Waals surface area contributed by atoms with Gasteiger partial charge in [-0.3, -0.25) is 0 Å². The first kappa shape index (κ1) is 25.3. The molecule has 0 bridgehead atoms. The van der Waals surface area contributed by atoms with Gasteiger partial charge in [-0.05, 0) is 95.2 Å². The molecule has 37 heavy (non-hydrogen) atoms. The minimum absolute atomic E-state index is 0.0401. The van der Waals surface area contributed by atoms with E-state index in [1.807, 2.05) is 19.1 Å². The highest BCUT2D eigenvalue weighted by Gasteiger charge is 2.31. The fourth-order valence-corrected chi connectivity index (χ4v) is 6.04. The Morgan fingerprint density at radius 3 is 2.73 bits per heavy atom. The lowest BCUT2D eigenvalue weighted by molar-refractivity contribution is -0.137. The molecule has 190 valence electrons. The molecule has 6 nitrogen and oxygen atoms in total. The summed E-state index contributed by atoms with van der Waals surface area (Å²) in [5.74, 6) is -0.499. The number of nitrogens with zero attached hydrogens (tertiary/aromatic N) is 3. The van der Waals surface area contributed by atoms with Crippen LogP contribution in [0.4, 0.5) is 24.8 Å². The predicted octanol–water partition coefficient (Wildman–Crippen LogP) is 7.60. The highest BCUT2D eigenvalue weighted by Crippen LogP contribution is 2.42. The summed E-state index contributed by atoms with van der Waals surface area (Å²) < 4.78 is 39.8. The molecular weight excluding hydrogens is 569 g/mol. The third-order valence-electron chi connectivity index (χ3n) is 6.16. The van der Waals surface area contributed by atoms with Crippen molar-refractivity contribution in [2.24, 2.45) is 0 Å². The number of alkyl halides is 3. The number of aryl methyl sites for hydroxylation is 2. The van der Waals surface area contributed by atoms with Crippen molar-refractivity contribution >= 4 is 44.9 Å². The van der Waals surface area contributed by atoms with Crippen LogP contribution in [0.25, 0.3) is 10.6 Å². The minimum atomic E-state index is -4.47. The summed E-state index contributed by atoms with van der Waals surface area (Å²) in [6.45, 7) is 1.88. The molecule has 0 saturated heterocycles. The zero-order valence-electron chi connectivity index (χ0n) is 19.4. The molecule has 1 aromatic carbocycles. The molecule has 11 heteroatoms. The summed E-state index contributed by atoms with van der Waals surface area (Å²) in [6.07, 6.45) is 1.03. The van der Waals surface area contributed by atoms with Crippen molar-refractivity contribution in [3.05, 3.63) is 86.1 Å². The number of carboxylic acid groups (broad SMARTS) is 1. The first-order valence-electron chi connectivity index (χ1n) is 11.4. The predicted molar refractivity (Wildman–Crippen MR) is 138 cm³/mol. The minimum Gasteiger partial charge on any atom is -0.478 e. The number of carbonyl (C=O) groups is 1. The maximum Gasteiger partial charge on any atom is 0.416 e. The van der Waals surface area contributed by atoms with Crippen molar-refractivity contribution in [2.75, 3.05) is 5.32 Å². The molecule has 0 amide bonds. The van der Waals surface area contributed by atoms with Gasteiger partial charge in [-0.1, -0.05) is 0 Å². The van der Waals surface area contributed by atoms with Crippen LogP contribution in [0, 0.1) is 6.92 Å². The van der Waals surface area contributed by atoms with E-state index in [0.29, 0.717) is 16.0 Å². The Balaban J connectivity index is 1.44. The van der Waals surface area contributed by atoms with Crippen molar-refractivity contribution < 1.29 is 23.1 Å². The Bertz CT molecular complexity index is 1510. The van der Waals surface area contributed by atoms with Crippen molar-refractivity contribution in [2.45, 2.75) is 38.3 Å². The van der Waals surface area contributed by atoms with Gasteiger partial charge in [0.25, 0.3) is 0 Å². The van der Waals surface area contributed by atoms with E-state index in [2.05, 4.69) is 36.2 Å². The van der Waals surface area contributed by atoms with Gasteiger partial charge < -0.3 is 10.4 Å². The van der Waals surface area contributed by atoms with Crippen LogP contribution in [-0.4, -0.2) is 26.0 Å². The highest BCUT2D eigenvalue weighted by molar-refractivity contribution is 9.10. The molecular formula is C26H20BrF3N4O2S. The van der Waals surface area contributed by atoms with Gasteiger partial charge >= 0.3 is 12.1 Å². The summed E-state index contributed by atoms with van der Waals surface area (Å²) in [7, 11) is 0. The maximum atomic E-state index is 13.1. The SMILES string of the molecule is Cc1cc(Nc2cc(C(F)(F)F)ccn2)nc(-c2cnc(C3CCCc4cc(C(=O)O)c(Br)cc43)s2)c1. The second kappa shape index (κ2) is 9.86. The third-order valence-corrected chi connectivity index (χ3v) is 7.95. The van der Waals surface area contributed by atoms with Gasteiger partial charge in [0.15, 0.2) is 0 Å². The molecule has 5 rings (SSSR count). The molecule has 1 unspecified atom stereocenters. The summed E-state index contributed by atoms with van der Waals surface area (Å²) in [6, 6.07) is 9.13. The van der Waals surface area contributed by atoms with Crippen LogP contribution in [0.2, 0.25) is 0 Å². The van der Waals surface area contributed by atoms with Gasteiger partial charge in [-0.15, -0.1) is 11.3 Å². The lowest BCUT2D eigenvalue weighted by Crippen LogP contribution is -2.13. The van der Waals surface area contributed by atoms with Crippen LogP contribution in [0.5, 0.6) is 0 Å². The summed E-state index contributed by atoms with van der Waals surface area (Å²) in [5, 5.41) is 13.2. The third kappa shape index (κ3) is 5.37. The van der Waals surface area contributed by atoms with E-state index in [9.17, 15) is 23.1 Å². The van der Waals surface area contributed by atoms with Crippen LogP contribution in [0.15, 0.2) is 53.3 Å². The Morgan fingerprint density at radius 1 is 1.16 bits per heavy atom. The van der Waals surface area contributed by atoms with Gasteiger partial charge in [-0.25, -0.2) is 19.7 Å². The standard InChI is InChI=1S/C26H20BrF3N4O2S/c1-13-7-20(33-23(8-13)34-22-10-15(5-6-31-22)26(28,29)30)21-12-32-24(37-21)16-4-2-3-14-9-18(25(35)36)19(27)11-17(14)16/h5-12,16H,2-4H2,1H3,(H,35,36)(H,31,33,34). The van der Waals surface area contributed by atoms with Crippen LogP contribution >= 0.6 is 27.3 Å². The molecule has 0 radical (unpaired) electrons. The number of hydrogen-bond acceptors (Lipinski definition) is 6. The number of rotatable bonds is 5. The first-order valence-corrected chi connectivity index (χ1v) is 13.0. The van der Waals surface area contributed by atoms with E-state index in [1.54, 1.807) is 18.3 Å². The van der Waals surface area contributed by atoms with Gasteiger partial charge in [0.05, 0.1) is 21.7 Å². The van der Waals surface area contributed by atoms with E-state index in [0.717, 1.165) is 64.2 Å². The van der Waals surface area contributed by atoms with Crippen molar-refractivity contribution in [1.82, 2.24) is 15.0 Å². The number of benzene rings is 1. The second-order valence-electron chi connectivity index (χ2n) is 8.81. The summed E-state index contributed by atoms with van der Waals surface area (Å²) in [4.78, 5) is 25.6. The van der Waals surface area contributed by atoms with Gasteiger partial charge in [0.2, 0.25) is 0 Å². The average Bonchev–Trinajstić information content (AvgIpc) is 3.33. The molecule has 2 N–H and O–H groups in total. The highest BCUT2D eigenvalue weighted by atomic mass is 79.9.